The molecule has 0 aromatic heterocycles. The van der Waals surface area contributed by atoms with Crippen LogP contribution in [0, 0.1) is 0 Å². The normalized spacial score (nSPS) is 11.9. The van der Waals surface area contributed by atoms with E-state index in [1.165, 1.54) is 54.9 Å². The van der Waals surface area contributed by atoms with Crippen molar-refractivity contribution in [1.29, 1.82) is 0 Å². The molecule has 5 aromatic carbocycles. The first-order valence-corrected chi connectivity index (χ1v) is 9.94. The van der Waals surface area contributed by atoms with E-state index in [9.17, 15) is 0 Å². The third kappa shape index (κ3) is 2.15. The van der Waals surface area contributed by atoms with Crippen molar-refractivity contribution in [2.24, 2.45) is 0 Å². The Morgan fingerprint density at radius 2 is 1.22 bits per heavy atom. The van der Waals surface area contributed by atoms with Crippen molar-refractivity contribution in [1.82, 2.24) is 0 Å². The van der Waals surface area contributed by atoms with Crippen molar-refractivity contribution in [2.45, 2.75) is 0 Å². The maximum atomic E-state index is 3.71. The van der Waals surface area contributed by atoms with E-state index in [2.05, 4.69) is 107 Å². The van der Waals surface area contributed by atoms with Crippen LogP contribution in [0.5, 0.6) is 0 Å². The van der Waals surface area contributed by atoms with Gasteiger partial charge in [-0.2, -0.15) is 0 Å². The van der Waals surface area contributed by atoms with E-state index in [0.29, 0.717) is 0 Å². The molecule has 0 spiro atoms. The van der Waals surface area contributed by atoms with E-state index in [1.807, 2.05) is 0 Å². The van der Waals surface area contributed by atoms with Gasteiger partial charge in [0.1, 0.15) is 0 Å². The second kappa shape index (κ2) is 5.55. The molecule has 0 saturated carbocycles. The van der Waals surface area contributed by atoms with Crippen molar-refractivity contribution in [3.8, 4) is 33.4 Å². The first kappa shape index (κ1) is 15.2. The van der Waals surface area contributed by atoms with E-state index >= 15 is 0 Å². The Kier molecular flexibility index (Phi) is 3.12. The summed E-state index contributed by atoms with van der Waals surface area (Å²) in [6, 6.07) is 33.1. The van der Waals surface area contributed by atoms with Crippen LogP contribution in [-0.4, -0.2) is 0 Å². The average Bonchev–Trinajstić information content (AvgIpc) is 3.05. The highest BCUT2D eigenvalue weighted by atomic mass is 79.9. The summed E-state index contributed by atoms with van der Waals surface area (Å²) in [5, 5.41) is 5.21. The maximum absolute atomic E-state index is 3.71. The summed E-state index contributed by atoms with van der Waals surface area (Å²) < 4.78 is 1.16. The molecule has 6 rings (SSSR count). The van der Waals surface area contributed by atoms with Gasteiger partial charge in [-0.25, -0.2) is 0 Å². The highest BCUT2D eigenvalue weighted by Crippen LogP contribution is 2.49. The van der Waals surface area contributed by atoms with E-state index in [-0.39, 0.29) is 0 Å². The van der Waals surface area contributed by atoms with E-state index < -0.39 is 0 Å². The zero-order valence-corrected chi connectivity index (χ0v) is 16.1. The van der Waals surface area contributed by atoms with E-state index in [4.69, 9.17) is 0 Å². The summed E-state index contributed by atoms with van der Waals surface area (Å²) in [4.78, 5) is 0. The molecule has 1 aliphatic carbocycles. The zero-order chi connectivity index (χ0) is 18.0. The SMILES string of the molecule is Brc1ccc2c3c(cccc13)-c1cc(-c3ccc4ccccc4c3)ccc1-2. The van der Waals surface area contributed by atoms with Crippen LogP contribution < -0.4 is 0 Å². The zero-order valence-electron chi connectivity index (χ0n) is 14.5. The molecule has 0 bridgehead atoms. The van der Waals surface area contributed by atoms with Crippen molar-refractivity contribution >= 4 is 37.5 Å². The quantitative estimate of drug-likeness (QED) is 0.259. The third-order valence-electron chi connectivity index (χ3n) is 5.67. The van der Waals surface area contributed by atoms with Crippen LogP contribution in [-0.2, 0) is 0 Å². The maximum Gasteiger partial charge on any atom is 0.0254 e. The first-order valence-electron chi connectivity index (χ1n) is 9.15. The predicted octanol–water partition coefficient (Wildman–Crippen LogP) is 8.07. The molecular weight excluding hydrogens is 392 g/mol. The molecule has 0 fully saturated rings. The third-order valence-corrected chi connectivity index (χ3v) is 6.36. The fourth-order valence-electron chi connectivity index (χ4n) is 4.37. The van der Waals surface area contributed by atoms with Crippen LogP contribution in [0.25, 0.3) is 54.9 Å². The lowest BCUT2D eigenvalue weighted by Crippen LogP contribution is -1.82. The number of hydrogen-bond donors (Lipinski definition) is 0. The molecule has 0 saturated heterocycles. The second-order valence-corrected chi connectivity index (χ2v) is 8.00. The van der Waals surface area contributed by atoms with E-state index in [1.54, 1.807) is 0 Å². The Labute approximate surface area is 166 Å². The predicted molar refractivity (Wildman–Crippen MR) is 119 cm³/mol. The van der Waals surface area contributed by atoms with Crippen LogP contribution in [0.3, 0.4) is 0 Å². The number of benzene rings is 5. The lowest BCUT2D eigenvalue weighted by Gasteiger charge is -2.08. The number of hydrogen-bond acceptors (Lipinski definition) is 0. The molecule has 0 atom stereocenters. The summed E-state index contributed by atoms with van der Waals surface area (Å²) >= 11 is 3.71. The van der Waals surface area contributed by atoms with Gasteiger partial charge in [-0.05, 0) is 73.1 Å². The number of rotatable bonds is 1. The van der Waals surface area contributed by atoms with Crippen LogP contribution in [0.15, 0.2) is 95.5 Å². The summed E-state index contributed by atoms with van der Waals surface area (Å²) in [5.41, 5.74) is 7.87. The largest absolute Gasteiger partial charge is 0.0616 e. The Bertz CT molecular complexity index is 1380. The van der Waals surface area contributed by atoms with Crippen LogP contribution in [0.1, 0.15) is 0 Å². The van der Waals surface area contributed by atoms with E-state index in [0.717, 1.165) is 4.47 Å². The highest BCUT2D eigenvalue weighted by Gasteiger charge is 2.22. The minimum absolute atomic E-state index is 1.16. The topological polar surface area (TPSA) is 0 Å². The van der Waals surface area contributed by atoms with Crippen LogP contribution >= 0.6 is 15.9 Å². The van der Waals surface area contributed by atoms with Crippen molar-refractivity contribution < 1.29 is 0 Å². The molecule has 0 amide bonds. The van der Waals surface area contributed by atoms with Crippen LogP contribution in [0.4, 0.5) is 0 Å². The lowest BCUT2D eigenvalue weighted by atomic mass is 9.96. The number of fused-ring (bicyclic) bond motifs is 4. The smallest absolute Gasteiger partial charge is 0.0254 e. The summed E-state index contributed by atoms with van der Waals surface area (Å²) in [5.74, 6) is 0. The lowest BCUT2D eigenvalue weighted by molar-refractivity contribution is 1.64. The Morgan fingerprint density at radius 3 is 2.15 bits per heavy atom. The number of halogens is 1. The van der Waals surface area contributed by atoms with Gasteiger partial charge >= 0.3 is 0 Å². The van der Waals surface area contributed by atoms with Gasteiger partial charge < -0.3 is 0 Å². The molecule has 1 heteroatoms. The second-order valence-electron chi connectivity index (χ2n) is 7.15. The van der Waals surface area contributed by atoms with Crippen molar-refractivity contribution in [3.05, 3.63) is 95.5 Å². The molecule has 27 heavy (non-hydrogen) atoms. The fraction of sp³-hybridized carbons (Fsp3) is 0. The Balaban J connectivity index is 1.59. The minimum atomic E-state index is 1.16. The highest BCUT2D eigenvalue weighted by molar-refractivity contribution is 9.10. The molecule has 5 aromatic rings. The van der Waals surface area contributed by atoms with Crippen molar-refractivity contribution in [2.75, 3.05) is 0 Å². The minimum Gasteiger partial charge on any atom is -0.0616 e. The molecule has 0 unspecified atom stereocenters. The van der Waals surface area contributed by atoms with Gasteiger partial charge in [0, 0.05) is 4.47 Å². The molecular formula is C26H15Br. The van der Waals surface area contributed by atoms with Crippen LogP contribution in [0.2, 0.25) is 0 Å². The summed E-state index contributed by atoms with van der Waals surface area (Å²) in [6.45, 7) is 0. The van der Waals surface area contributed by atoms with Gasteiger partial charge in [0.25, 0.3) is 0 Å². The summed E-state index contributed by atoms with van der Waals surface area (Å²) in [6.07, 6.45) is 0. The van der Waals surface area contributed by atoms with Gasteiger partial charge in [0.05, 0.1) is 0 Å². The average molecular weight is 407 g/mol. The monoisotopic (exact) mass is 406 g/mol. The Morgan fingerprint density at radius 1 is 0.481 bits per heavy atom. The molecule has 1 aliphatic rings. The van der Waals surface area contributed by atoms with Gasteiger partial charge in [-0.3, -0.25) is 0 Å². The standard InChI is InChI=1S/C26H15Br/c27-25-13-12-22-20-11-10-19(15-24(20)21-6-3-7-23(25)26(21)22)18-9-8-16-4-1-2-5-17(16)14-18/h1-15H. The van der Waals surface area contributed by atoms with Gasteiger partial charge in [0.15, 0.2) is 0 Å². The molecule has 0 aliphatic heterocycles. The molecule has 0 heterocycles. The van der Waals surface area contributed by atoms with Gasteiger partial charge in [-0.1, -0.05) is 88.7 Å². The molecule has 0 radical (unpaired) electrons. The Hall–Kier alpha value is -2.90. The molecule has 0 nitrogen and oxygen atoms in total. The first-order chi connectivity index (χ1) is 13.3. The molecule has 126 valence electrons. The molecule has 0 N–H and O–H groups in total. The van der Waals surface area contributed by atoms with Gasteiger partial charge in [0.2, 0.25) is 0 Å². The van der Waals surface area contributed by atoms with Gasteiger partial charge in [-0.15, -0.1) is 0 Å². The fourth-order valence-corrected chi connectivity index (χ4v) is 4.83. The summed E-state index contributed by atoms with van der Waals surface area (Å²) in [7, 11) is 0. The van der Waals surface area contributed by atoms with Crippen molar-refractivity contribution in [3.63, 3.8) is 0 Å².